The number of amides is 2. The summed E-state index contributed by atoms with van der Waals surface area (Å²) in [6.45, 7) is 2.75. The van der Waals surface area contributed by atoms with E-state index < -0.39 is 5.82 Å². The van der Waals surface area contributed by atoms with Gasteiger partial charge < -0.3 is 10.2 Å². The van der Waals surface area contributed by atoms with Crippen LogP contribution >= 0.6 is 11.6 Å². The van der Waals surface area contributed by atoms with Gasteiger partial charge in [0.15, 0.2) is 0 Å². The van der Waals surface area contributed by atoms with Crippen LogP contribution in [0.25, 0.3) is 0 Å². The van der Waals surface area contributed by atoms with E-state index in [-0.39, 0.29) is 35.7 Å². The van der Waals surface area contributed by atoms with E-state index in [2.05, 4.69) is 23.1 Å². The molecule has 0 spiro atoms. The molecule has 2 atom stereocenters. The molecule has 1 saturated heterocycles. The first-order chi connectivity index (χ1) is 12.4. The van der Waals surface area contributed by atoms with E-state index in [1.165, 1.54) is 18.2 Å². The Hall–Kier alpha value is -1.70. The maximum absolute atomic E-state index is 13.1. The van der Waals surface area contributed by atoms with Crippen molar-refractivity contribution in [1.29, 1.82) is 0 Å². The number of halogens is 2. The highest BCUT2D eigenvalue weighted by Gasteiger charge is 2.25. The number of hydrogen-bond acceptors (Lipinski definition) is 4. The largest absolute Gasteiger partial charge is 0.344 e. The summed E-state index contributed by atoms with van der Waals surface area (Å²) in [6.07, 6.45) is 3.39. The summed E-state index contributed by atoms with van der Waals surface area (Å²) in [5.41, 5.74) is 6.87. The summed E-state index contributed by atoms with van der Waals surface area (Å²) in [6, 6.07) is 4.62. The number of nitrogens with zero attached hydrogens (tertiary/aromatic N) is 1. The van der Waals surface area contributed by atoms with Crippen LogP contribution in [0.5, 0.6) is 0 Å². The molecule has 1 aromatic rings. The van der Waals surface area contributed by atoms with Crippen LogP contribution in [0.15, 0.2) is 18.2 Å². The summed E-state index contributed by atoms with van der Waals surface area (Å²) in [5.74, 6) is -0.936. The van der Waals surface area contributed by atoms with Crippen molar-refractivity contribution < 1.29 is 14.0 Å². The smallest absolute Gasteiger partial charge is 0.224 e. The van der Waals surface area contributed by atoms with Crippen LogP contribution in [-0.4, -0.2) is 42.4 Å². The lowest BCUT2D eigenvalue weighted by molar-refractivity contribution is -0.131. The molecule has 0 saturated carbocycles. The number of benzene rings is 1. The Morgan fingerprint density at radius 2 is 2.04 bits per heavy atom. The Morgan fingerprint density at radius 3 is 2.73 bits per heavy atom. The monoisotopic (exact) mass is 384 g/mol. The van der Waals surface area contributed by atoms with Gasteiger partial charge in [-0.1, -0.05) is 24.9 Å². The number of carbonyl (C=O) groups excluding carboxylic acids is 2. The average molecular weight is 385 g/mol. The summed E-state index contributed by atoms with van der Waals surface area (Å²) in [5, 5.41) is 2.56. The second-order valence-corrected chi connectivity index (χ2v) is 7.07. The number of hydrogen-bond donors (Lipinski definition) is 3. The van der Waals surface area contributed by atoms with Crippen molar-refractivity contribution >= 4 is 29.1 Å². The molecule has 0 aromatic heterocycles. The zero-order valence-electron chi connectivity index (χ0n) is 15.1. The standard InChI is InChI=1S/C18H26ClFN4O2/c1-3-4-13-9-14(23-22-13)11-24(2)18(26)8-7-17(25)21-12-5-6-16(20)15(19)10-12/h5-6,10,13-14,22-23H,3-4,7-9,11H2,1-2H3,(H,21,25). The van der Waals surface area contributed by atoms with Crippen LogP contribution in [0, 0.1) is 5.82 Å². The van der Waals surface area contributed by atoms with Gasteiger partial charge in [0, 0.05) is 44.2 Å². The van der Waals surface area contributed by atoms with Crippen molar-refractivity contribution in [2.75, 3.05) is 18.9 Å². The first kappa shape index (κ1) is 20.6. The first-order valence-electron chi connectivity index (χ1n) is 8.89. The lowest BCUT2D eigenvalue weighted by Gasteiger charge is -2.21. The Bertz CT molecular complexity index is 644. The Labute approximate surface area is 158 Å². The molecule has 3 N–H and O–H groups in total. The Morgan fingerprint density at radius 1 is 1.31 bits per heavy atom. The number of anilines is 1. The fourth-order valence-electron chi connectivity index (χ4n) is 3.00. The molecule has 2 unspecified atom stereocenters. The van der Waals surface area contributed by atoms with Gasteiger partial charge in [-0.15, -0.1) is 0 Å². The lowest BCUT2D eigenvalue weighted by atomic mass is 10.1. The van der Waals surface area contributed by atoms with Gasteiger partial charge in [-0.25, -0.2) is 4.39 Å². The van der Waals surface area contributed by atoms with Crippen LogP contribution < -0.4 is 16.2 Å². The molecule has 0 radical (unpaired) electrons. The van der Waals surface area contributed by atoms with Gasteiger partial charge in [-0.2, -0.15) is 0 Å². The molecule has 26 heavy (non-hydrogen) atoms. The summed E-state index contributed by atoms with van der Waals surface area (Å²) >= 11 is 5.68. The van der Waals surface area contributed by atoms with E-state index in [0.717, 1.165) is 19.3 Å². The van der Waals surface area contributed by atoms with E-state index in [1.807, 2.05) is 0 Å². The zero-order chi connectivity index (χ0) is 19.1. The summed E-state index contributed by atoms with van der Waals surface area (Å²) in [4.78, 5) is 25.8. The first-order valence-corrected chi connectivity index (χ1v) is 9.26. The number of hydrazine groups is 1. The molecule has 2 rings (SSSR count). The molecule has 8 heteroatoms. The topological polar surface area (TPSA) is 73.5 Å². The van der Waals surface area contributed by atoms with E-state index in [0.29, 0.717) is 18.3 Å². The van der Waals surface area contributed by atoms with Crippen LogP contribution in [0.3, 0.4) is 0 Å². The van der Waals surface area contributed by atoms with Gasteiger partial charge in [-0.05, 0) is 31.0 Å². The third kappa shape index (κ3) is 6.23. The van der Waals surface area contributed by atoms with Gasteiger partial charge in [0.25, 0.3) is 0 Å². The Balaban J connectivity index is 1.71. The van der Waals surface area contributed by atoms with E-state index >= 15 is 0 Å². The van der Waals surface area contributed by atoms with Crippen molar-refractivity contribution in [3.8, 4) is 0 Å². The highest BCUT2D eigenvalue weighted by Crippen LogP contribution is 2.19. The van der Waals surface area contributed by atoms with Crippen molar-refractivity contribution in [2.45, 2.75) is 51.1 Å². The normalized spacial score (nSPS) is 19.4. The van der Waals surface area contributed by atoms with E-state index in [1.54, 1.807) is 11.9 Å². The minimum absolute atomic E-state index is 0.0577. The van der Waals surface area contributed by atoms with E-state index in [9.17, 15) is 14.0 Å². The lowest BCUT2D eigenvalue weighted by Crippen LogP contribution is -2.41. The molecule has 144 valence electrons. The number of carbonyl (C=O) groups is 2. The van der Waals surface area contributed by atoms with Crippen molar-refractivity contribution in [2.24, 2.45) is 0 Å². The molecule has 1 aromatic carbocycles. The zero-order valence-corrected chi connectivity index (χ0v) is 15.9. The predicted molar refractivity (Wildman–Crippen MR) is 100 cm³/mol. The van der Waals surface area contributed by atoms with Crippen molar-refractivity contribution in [3.63, 3.8) is 0 Å². The maximum Gasteiger partial charge on any atom is 0.224 e. The quantitative estimate of drug-likeness (QED) is 0.644. The predicted octanol–water partition coefficient (Wildman–Crippen LogP) is 2.69. The van der Waals surface area contributed by atoms with Crippen LogP contribution in [0.2, 0.25) is 5.02 Å². The molecule has 6 nitrogen and oxygen atoms in total. The van der Waals surface area contributed by atoms with Gasteiger partial charge in [-0.3, -0.25) is 20.4 Å². The molecule has 0 bridgehead atoms. The maximum atomic E-state index is 13.1. The molecule has 1 fully saturated rings. The van der Waals surface area contributed by atoms with E-state index in [4.69, 9.17) is 11.6 Å². The van der Waals surface area contributed by atoms with Crippen molar-refractivity contribution in [3.05, 3.63) is 29.0 Å². The highest BCUT2D eigenvalue weighted by atomic mass is 35.5. The van der Waals surface area contributed by atoms with Gasteiger partial charge in [0.1, 0.15) is 5.82 Å². The van der Waals surface area contributed by atoms with Crippen molar-refractivity contribution in [1.82, 2.24) is 15.8 Å². The van der Waals surface area contributed by atoms with Gasteiger partial charge in [0.2, 0.25) is 11.8 Å². The minimum Gasteiger partial charge on any atom is -0.344 e. The second kappa shape index (κ2) is 9.85. The minimum atomic E-state index is -0.544. The fraction of sp³-hybridized carbons (Fsp3) is 0.556. The molecule has 0 aliphatic carbocycles. The molecular weight excluding hydrogens is 359 g/mol. The molecular formula is C18H26ClFN4O2. The highest BCUT2D eigenvalue weighted by molar-refractivity contribution is 6.31. The summed E-state index contributed by atoms with van der Waals surface area (Å²) < 4.78 is 13.1. The van der Waals surface area contributed by atoms with Crippen LogP contribution in [-0.2, 0) is 9.59 Å². The number of likely N-dealkylation sites (N-methyl/N-ethyl adjacent to an activating group) is 1. The Kier molecular flexibility index (Phi) is 7.81. The SMILES string of the molecule is CCCC1CC(CN(C)C(=O)CCC(=O)Nc2ccc(F)c(Cl)c2)NN1. The molecule has 1 aliphatic heterocycles. The third-order valence-electron chi connectivity index (χ3n) is 4.39. The molecule has 1 heterocycles. The number of nitrogens with one attached hydrogen (secondary N) is 3. The van der Waals surface area contributed by atoms with Gasteiger partial charge >= 0.3 is 0 Å². The second-order valence-electron chi connectivity index (χ2n) is 6.66. The fourth-order valence-corrected chi connectivity index (χ4v) is 3.18. The molecule has 2 amide bonds. The third-order valence-corrected chi connectivity index (χ3v) is 4.68. The van der Waals surface area contributed by atoms with Crippen LogP contribution in [0.4, 0.5) is 10.1 Å². The van der Waals surface area contributed by atoms with Gasteiger partial charge in [0.05, 0.1) is 5.02 Å². The molecule has 1 aliphatic rings. The average Bonchev–Trinajstić information content (AvgIpc) is 3.03. The number of rotatable bonds is 8. The summed E-state index contributed by atoms with van der Waals surface area (Å²) in [7, 11) is 1.74. The van der Waals surface area contributed by atoms with Crippen LogP contribution in [0.1, 0.15) is 39.0 Å².